The van der Waals surface area contributed by atoms with E-state index < -0.39 is 47.9 Å². The molecule has 0 saturated carbocycles. The van der Waals surface area contributed by atoms with Crippen LogP contribution in [-0.4, -0.2) is 56.9 Å². The SMILES string of the molecule is C#CC[C@H]1O[C@@H]2COC(C)(C)O[C@@H]2C(n2cc(-c3ccc(Cl)c(F)c3F)nn2)[C@H]1O. The Morgan fingerprint density at radius 1 is 1.37 bits per heavy atom. The van der Waals surface area contributed by atoms with Crippen LogP contribution in [0.1, 0.15) is 26.3 Å². The van der Waals surface area contributed by atoms with Gasteiger partial charge in [0.15, 0.2) is 17.4 Å². The number of ether oxygens (including phenoxy) is 3. The van der Waals surface area contributed by atoms with Crippen molar-refractivity contribution in [2.24, 2.45) is 0 Å². The van der Waals surface area contributed by atoms with Crippen LogP contribution in [0, 0.1) is 24.0 Å². The molecule has 2 aromatic rings. The minimum Gasteiger partial charge on any atom is -0.388 e. The Kier molecular flexibility index (Phi) is 5.55. The first-order chi connectivity index (χ1) is 14.2. The number of aliphatic hydroxyl groups is 1. The van der Waals surface area contributed by atoms with Crippen molar-refractivity contribution < 1.29 is 28.1 Å². The largest absolute Gasteiger partial charge is 0.388 e. The number of nitrogens with zero attached hydrogens (tertiary/aromatic N) is 3. The van der Waals surface area contributed by atoms with E-state index in [0.717, 1.165) is 0 Å². The Bertz CT molecular complexity index is 993. The highest BCUT2D eigenvalue weighted by Gasteiger charge is 2.51. The summed E-state index contributed by atoms with van der Waals surface area (Å²) in [6.07, 6.45) is 4.13. The second-order valence-electron chi connectivity index (χ2n) is 7.70. The van der Waals surface area contributed by atoms with Crippen LogP contribution in [0.2, 0.25) is 5.02 Å². The molecule has 2 aliphatic rings. The van der Waals surface area contributed by atoms with Crippen LogP contribution < -0.4 is 0 Å². The zero-order valence-corrected chi connectivity index (χ0v) is 17.0. The molecule has 0 radical (unpaired) electrons. The summed E-state index contributed by atoms with van der Waals surface area (Å²) in [5.74, 6) is -0.719. The lowest BCUT2D eigenvalue weighted by Gasteiger charge is -2.50. The molecular formula is C20H20ClF2N3O4. The molecule has 30 heavy (non-hydrogen) atoms. The van der Waals surface area contributed by atoms with E-state index in [1.54, 1.807) is 13.8 Å². The molecule has 1 aromatic heterocycles. The quantitative estimate of drug-likeness (QED) is 0.585. The topological polar surface area (TPSA) is 78.6 Å². The highest BCUT2D eigenvalue weighted by atomic mass is 35.5. The van der Waals surface area contributed by atoms with Gasteiger partial charge in [-0.25, -0.2) is 13.5 Å². The number of terminal acetylenes is 1. The highest BCUT2D eigenvalue weighted by Crippen LogP contribution is 2.39. The summed E-state index contributed by atoms with van der Waals surface area (Å²) in [5, 5.41) is 18.6. The zero-order valence-electron chi connectivity index (χ0n) is 16.3. The maximum absolute atomic E-state index is 14.3. The molecule has 1 N–H and O–H groups in total. The summed E-state index contributed by atoms with van der Waals surface area (Å²) in [5.41, 5.74) is -0.0206. The van der Waals surface area contributed by atoms with Crippen molar-refractivity contribution >= 4 is 11.6 Å². The Labute approximate surface area is 176 Å². The van der Waals surface area contributed by atoms with Crippen LogP contribution in [0.4, 0.5) is 8.78 Å². The van der Waals surface area contributed by atoms with E-state index in [1.165, 1.54) is 23.0 Å². The van der Waals surface area contributed by atoms with Gasteiger partial charge < -0.3 is 19.3 Å². The Hall–Kier alpha value is -2.09. The summed E-state index contributed by atoms with van der Waals surface area (Å²) >= 11 is 5.62. The van der Waals surface area contributed by atoms with Crippen LogP contribution in [0.15, 0.2) is 18.3 Å². The molecule has 4 rings (SSSR count). The second-order valence-corrected chi connectivity index (χ2v) is 8.11. The van der Waals surface area contributed by atoms with E-state index in [0.29, 0.717) is 0 Å². The first-order valence-corrected chi connectivity index (χ1v) is 9.74. The molecule has 0 amide bonds. The van der Waals surface area contributed by atoms with Crippen molar-refractivity contribution in [3.05, 3.63) is 35.0 Å². The average molecular weight is 440 g/mol. The van der Waals surface area contributed by atoms with Gasteiger partial charge in [-0.1, -0.05) is 16.8 Å². The summed E-state index contributed by atoms with van der Waals surface area (Å²) in [6, 6.07) is 1.82. The maximum atomic E-state index is 14.3. The van der Waals surface area contributed by atoms with Crippen molar-refractivity contribution in [2.75, 3.05) is 6.61 Å². The van der Waals surface area contributed by atoms with E-state index in [-0.39, 0.29) is 29.3 Å². The van der Waals surface area contributed by atoms with Gasteiger partial charge in [0.05, 0.1) is 23.9 Å². The number of benzene rings is 1. The number of rotatable bonds is 3. The monoisotopic (exact) mass is 439 g/mol. The molecule has 2 saturated heterocycles. The maximum Gasteiger partial charge on any atom is 0.178 e. The molecule has 10 heteroatoms. The number of aromatic nitrogens is 3. The van der Waals surface area contributed by atoms with Gasteiger partial charge in [0.2, 0.25) is 0 Å². The first kappa shape index (κ1) is 21.2. The Morgan fingerprint density at radius 2 is 2.13 bits per heavy atom. The number of aliphatic hydroxyl groups excluding tert-OH is 1. The summed E-state index contributed by atoms with van der Waals surface area (Å²) in [7, 11) is 0. The van der Waals surface area contributed by atoms with Gasteiger partial charge in [-0.05, 0) is 26.0 Å². The molecule has 7 nitrogen and oxygen atoms in total. The fraction of sp³-hybridized carbons (Fsp3) is 0.500. The molecule has 3 heterocycles. The molecule has 0 spiro atoms. The van der Waals surface area contributed by atoms with Crippen LogP contribution in [0.25, 0.3) is 11.3 Å². The average Bonchev–Trinajstić information content (AvgIpc) is 3.16. The molecule has 2 fully saturated rings. The fourth-order valence-electron chi connectivity index (χ4n) is 3.80. The van der Waals surface area contributed by atoms with Crippen molar-refractivity contribution in [1.29, 1.82) is 0 Å². The third kappa shape index (κ3) is 3.70. The number of halogens is 3. The number of fused-ring (bicyclic) bond motifs is 1. The van der Waals surface area contributed by atoms with Crippen molar-refractivity contribution in [3.8, 4) is 23.6 Å². The van der Waals surface area contributed by atoms with Crippen LogP contribution in [0.3, 0.4) is 0 Å². The molecule has 0 aliphatic carbocycles. The molecule has 1 aromatic carbocycles. The van der Waals surface area contributed by atoms with Crippen LogP contribution in [-0.2, 0) is 14.2 Å². The number of hydrogen-bond donors (Lipinski definition) is 1. The third-order valence-corrected chi connectivity index (χ3v) is 5.54. The predicted octanol–water partition coefficient (Wildman–Crippen LogP) is 2.72. The van der Waals surface area contributed by atoms with Gasteiger partial charge in [-0.3, -0.25) is 0 Å². The fourth-order valence-corrected chi connectivity index (χ4v) is 3.95. The standard InChI is InChI=1S/C20H20ClF2N3O4/c1-4-5-13-18(27)17(19-14(29-13)9-28-20(2,3)30-19)26-8-12(24-25-26)10-6-7-11(21)16(23)15(10)22/h1,6-8,13-14,17-19,27H,5,9H2,2-3H3/t13-,14-,17?,18+,19+/m1/s1. The third-order valence-electron chi connectivity index (χ3n) is 5.24. The Balaban J connectivity index is 1.72. The van der Waals surface area contributed by atoms with E-state index >= 15 is 0 Å². The minimum atomic E-state index is -1.17. The smallest absolute Gasteiger partial charge is 0.178 e. The molecule has 160 valence electrons. The van der Waals surface area contributed by atoms with E-state index in [2.05, 4.69) is 16.2 Å². The molecular weight excluding hydrogens is 420 g/mol. The lowest BCUT2D eigenvalue weighted by molar-refractivity contribution is -0.348. The van der Waals surface area contributed by atoms with Gasteiger partial charge in [-0.2, -0.15) is 0 Å². The van der Waals surface area contributed by atoms with E-state index in [9.17, 15) is 13.9 Å². The summed E-state index contributed by atoms with van der Waals surface area (Å²) < 4.78 is 47.2. The van der Waals surface area contributed by atoms with Crippen LogP contribution >= 0.6 is 11.6 Å². The first-order valence-electron chi connectivity index (χ1n) is 9.36. The van der Waals surface area contributed by atoms with Gasteiger partial charge >= 0.3 is 0 Å². The van der Waals surface area contributed by atoms with E-state index in [1.807, 2.05) is 0 Å². The minimum absolute atomic E-state index is 0.0816. The van der Waals surface area contributed by atoms with Gasteiger partial charge in [0.1, 0.15) is 30.0 Å². The molecule has 5 atom stereocenters. The summed E-state index contributed by atoms with van der Waals surface area (Å²) in [6.45, 7) is 3.73. The second kappa shape index (κ2) is 7.87. The molecule has 2 aliphatic heterocycles. The highest BCUT2D eigenvalue weighted by molar-refractivity contribution is 6.30. The number of hydrogen-bond acceptors (Lipinski definition) is 6. The summed E-state index contributed by atoms with van der Waals surface area (Å²) in [4.78, 5) is 0. The predicted molar refractivity (Wildman–Crippen MR) is 102 cm³/mol. The van der Waals surface area contributed by atoms with Gasteiger partial charge in [0.25, 0.3) is 0 Å². The van der Waals surface area contributed by atoms with Crippen molar-refractivity contribution in [1.82, 2.24) is 15.0 Å². The van der Waals surface area contributed by atoms with E-state index in [4.69, 9.17) is 32.2 Å². The van der Waals surface area contributed by atoms with Gasteiger partial charge in [0, 0.05) is 12.0 Å². The van der Waals surface area contributed by atoms with Crippen molar-refractivity contribution in [2.45, 2.75) is 56.5 Å². The lowest BCUT2D eigenvalue weighted by atomic mass is 9.90. The zero-order chi connectivity index (χ0) is 21.6. The normalized spacial score (nSPS) is 30.5. The Morgan fingerprint density at radius 3 is 2.87 bits per heavy atom. The molecule has 0 bridgehead atoms. The van der Waals surface area contributed by atoms with Crippen molar-refractivity contribution in [3.63, 3.8) is 0 Å². The van der Waals surface area contributed by atoms with Crippen LogP contribution in [0.5, 0.6) is 0 Å². The van der Waals surface area contributed by atoms with Gasteiger partial charge in [-0.15, -0.1) is 17.4 Å². The lowest BCUT2D eigenvalue weighted by Crippen LogP contribution is -2.62. The molecule has 1 unspecified atom stereocenters.